The van der Waals surface area contributed by atoms with Crippen LogP contribution in [0.15, 0.2) is 22.5 Å². The largest absolute Gasteiger partial charge is 0.249 e. The first kappa shape index (κ1) is 11.9. The van der Waals surface area contributed by atoms with Gasteiger partial charge in [0.25, 0.3) is 0 Å². The third-order valence-electron chi connectivity index (χ3n) is 2.84. The van der Waals surface area contributed by atoms with E-state index < -0.39 is 9.84 Å². The maximum atomic E-state index is 12.1. The Balaban J connectivity index is 1.81. The van der Waals surface area contributed by atoms with Crippen molar-refractivity contribution in [1.82, 2.24) is 15.0 Å². The standard InChI is InChI=1S/C11H13N3O2S2/c1-8-2-5-11(17-8)18(15,16)7-9-6-14(13-12-9)10-3-4-10/h2,5-6,10H,3-4,7H2,1H3. The van der Waals surface area contributed by atoms with Gasteiger partial charge in [0.15, 0.2) is 9.84 Å². The molecule has 1 saturated carbocycles. The van der Waals surface area contributed by atoms with Crippen LogP contribution in [0.4, 0.5) is 0 Å². The Morgan fingerprint density at radius 3 is 2.83 bits per heavy atom. The van der Waals surface area contributed by atoms with E-state index in [1.54, 1.807) is 16.9 Å². The summed E-state index contributed by atoms with van der Waals surface area (Å²) in [5.74, 6) is -0.0698. The molecule has 2 aromatic heterocycles. The lowest BCUT2D eigenvalue weighted by molar-refractivity contribution is 0.596. The van der Waals surface area contributed by atoms with Gasteiger partial charge in [-0.25, -0.2) is 13.1 Å². The Hall–Kier alpha value is -1.21. The fraction of sp³-hybridized carbons (Fsp3) is 0.455. The Morgan fingerprint density at radius 1 is 1.44 bits per heavy atom. The van der Waals surface area contributed by atoms with E-state index in [4.69, 9.17) is 0 Å². The van der Waals surface area contributed by atoms with Crippen molar-refractivity contribution in [2.24, 2.45) is 0 Å². The number of aromatic nitrogens is 3. The molecule has 3 rings (SSSR count). The summed E-state index contributed by atoms with van der Waals surface area (Å²) in [6.45, 7) is 1.90. The quantitative estimate of drug-likeness (QED) is 0.860. The summed E-state index contributed by atoms with van der Waals surface area (Å²) < 4.78 is 26.5. The smallest absolute Gasteiger partial charge is 0.193 e. The van der Waals surface area contributed by atoms with Crippen molar-refractivity contribution in [3.63, 3.8) is 0 Å². The van der Waals surface area contributed by atoms with E-state index in [9.17, 15) is 8.42 Å². The summed E-state index contributed by atoms with van der Waals surface area (Å²) in [5, 5.41) is 7.90. The number of aryl methyl sites for hydroxylation is 1. The highest BCUT2D eigenvalue weighted by molar-refractivity contribution is 7.92. The van der Waals surface area contributed by atoms with Gasteiger partial charge in [0.2, 0.25) is 0 Å². The van der Waals surface area contributed by atoms with Gasteiger partial charge in [-0.1, -0.05) is 5.21 Å². The molecule has 0 unspecified atom stereocenters. The lowest BCUT2D eigenvalue weighted by atomic mass is 10.5. The molecule has 1 aliphatic carbocycles. The fourth-order valence-corrected chi connectivity index (χ4v) is 4.35. The third-order valence-corrected chi connectivity index (χ3v) is 6.07. The zero-order valence-corrected chi connectivity index (χ0v) is 11.5. The Morgan fingerprint density at radius 2 is 2.22 bits per heavy atom. The highest BCUT2D eigenvalue weighted by Crippen LogP contribution is 2.34. The summed E-state index contributed by atoms with van der Waals surface area (Å²) >= 11 is 1.30. The third kappa shape index (κ3) is 2.32. The van der Waals surface area contributed by atoms with Crippen LogP contribution in [0.5, 0.6) is 0 Å². The first-order valence-corrected chi connectivity index (χ1v) is 8.21. The number of nitrogens with zero attached hydrogens (tertiary/aromatic N) is 3. The van der Waals surface area contributed by atoms with Gasteiger partial charge in [0, 0.05) is 11.1 Å². The molecule has 0 bridgehead atoms. The predicted molar refractivity (Wildman–Crippen MR) is 68.2 cm³/mol. The summed E-state index contributed by atoms with van der Waals surface area (Å²) in [7, 11) is -3.28. The van der Waals surface area contributed by atoms with Crippen molar-refractivity contribution < 1.29 is 8.42 Å². The molecule has 18 heavy (non-hydrogen) atoms. The molecule has 0 atom stereocenters. The van der Waals surface area contributed by atoms with E-state index in [1.165, 1.54) is 11.3 Å². The highest BCUT2D eigenvalue weighted by atomic mass is 32.2. The summed E-state index contributed by atoms with van der Waals surface area (Å²) in [6.07, 6.45) is 3.97. The fourth-order valence-electron chi connectivity index (χ4n) is 1.74. The molecule has 2 heterocycles. The van der Waals surface area contributed by atoms with Crippen LogP contribution in [-0.2, 0) is 15.6 Å². The maximum absolute atomic E-state index is 12.1. The SMILES string of the molecule is Cc1ccc(S(=O)(=O)Cc2cn(C3CC3)nn2)s1. The Bertz CT molecular complexity index is 668. The van der Waals surface area contributed by atoms with Crippen LogP contribution < -0.4 is 0 Å². The molecule has 96 valence electrons. The second kappa shape index (κ2) is 4.17. The highest BCUT2D eigenvalue weighted by Gasteiger charge is 2.26. The van der Waals surface area contributed by atoms with Crippen LogP contribution in [0.3, 0.4) is 0 Å². The molecule has 1 aliphatic rings. The van der Waals surface area contributed by atoms with Crippen LogP contribution >= 0.6 is 11.3 Å². The van der Waals surface area contributed by atoms with Crippen molar-refractivity contribution in [3.8, 4) is 0 Å². The van der Waals surface area contributed by atoms with E-state index in [2.05, 4.69) is 10.3 Å². The molecule has 0 N–H and O–H groups in total. The number of sulfone groups is 1. The second-order valence-electron chi connectivity index (χ2n) is 4.55. The average Bonchev–Trinajstić information content (AvgIpc) is 2.89. The van der Waals surface area contributed by atoms with E-state index in [1.807, 2.05) is 13.0 Å². The van der Waals surface area contributed by atoms with Gasteiger partial charge < -0.3 is 0 Å². The molecule has 0 saturated heterocycles. The summed E-state index contributed by atoms with van der Waals surface area (Å²) in [5.41, 5.74) is 0.521. The number of hydrogen-bond acceptors (Lipinski definition) is 5. The lowest BCUT2D eigenvalue weighted by Gasteiger charge is -1.97. The lowest BCUT2D eigenvalue weighted by Crippen LogP contribution is -2.03. The monoisotopic (exact) mass is 283 g/mol. The van der Waals surface area contributed by atoms with Crippen LogP contribution in [0, 0.1) is 6.92 Å². The van der Waals surface area contributed by atoms with E-state index in [0.717, 1.165) is 17.7 Å². The van der Waals surface area contributed by atoms with Crippen LogP contribution in [0.1, 0.15) is 29.5 Å². The minimum absolute atomic E-state index is 0.0698. The molecule has 0 amide bonds. The average molecular weight is 283 g/mol. The van der Waals surface area contributed by atoms with Gasteiger partial charge >= 0.3 is 0 Å². The van der Waals surface area contributed by atoms with E-state index in [0.29, 0.717) is 15.9 Å². The molecule has 1 fully saturated rings. The molecular weight excluding hydrogens is 270 g/mol. The van der Waals surface area contributed by atoms with Gasteiger partial charge in [-0.05, 0) is 31.9 Å². The summed E-state index contributed by atoms with van der Waals surface area (Å²) in [4.78, 5) is 0.996. The molecule has 0 spiro atoms. The van der Waals surface area contributed by atoms with Gasteiger partial charge in [-0.3, -0.25) is 0 Å². The van der Waals surface area contributed by atoms with Crippen LogP contribution in [-0.4, -0.2) is 23.4 Å². The van der Waals surface area contributed by atoms with Gasteiger partial charge in [0.1, 0.15) is 9.96 Å². The van der Waals surface area contributed by atoms with E-state index >= 15 is 0 Å². The first-order chi connectivity index (χ1) is 8.54. The molecule has 5 nitrogen and oxygen atoms in total. The van der Waals surface area contributed by atoms with Gasteiger partial charge in [0.05, 0.1) is 11.7 Å². The molecule has 0 aliphatic heterocycles. The van der Waals surface area contributed by atoms with Crippen LogP contribution in [0.2, 0.25) is 0 Å². The molecule has 0 aromatic carbocycles. The minimum Gasteiger partial charge on any atom is -0.249 e. The predicted octanol–water partition coefficient (Wildman–Crippen LogP) is 1.96. The van der Waals surface area contributed by atoms with Crippen molar-refractivity contribution in [2.45, 2.75) is 35.8 Å². The topological polar surface area (TPSA) is 64.8 Å². The van der Waals surface area contributed by atoms with Crippen molar-refractivity contribution in [3.05, 3.63) is 28.9 Å². The zero-order valence-electron chi connectivity index (χ0n) is 9.91. The molecular formula is C11H13N3O2S2. The first-order valence-electron chi connectivity index (χ1n) is 5.74. The Labute approximate surface area is 109 Å². The number of thiophene rings is 1. The number of hydrogen-bond donors (Lipinski definition) is 0. The Kier molecular flexibility index (Phi) is 2.74. The normalized spacial score (nSPS) is 16.1. The second-order valence-corrected chi connectivity index (χ2v) is 8.05. The van der Waals surface area contributed by atoms with Crippen molar-refractivity contribution in [1.29, 1.82) is 0 Å². The zero-order chi connectivity index (χ0) is 12.8. The van der Waals surface area contributed by atoms with Crippen molar-refractivity contribution >= 4 is 21.2 Å². The number of rotatable bonds is 4. The maximum Gasteiger partial charge on any atom is 0.193 e. The minimum atomic E-state index is -3.28. The van der Waals surface area contributed by atoms with Gasteiger partial charge in [-0.2, -0.15) is 0 Å². The van der Waals surface area contributed by atoms with E-state index in [-0.39, 0.29) is 5.75 Å². The summed E-state index contributed by atoms with van der Waals surface area (Å²) in [6, 6.07) is 3.90. The van der Waals surface area contributed by atoms with Crippen LogP contribution in [0.25, 0.3) is 0 Å². The van der Waals surface area contributed by atoms with Crippen molar-refractivity contribution in [2.75, 3.05) is 0 Å². The molecule has 0 radical (unpaired) electrons. The molecule has 2 aromatic rings. The van der Waals surface area contributed by atoms with Gasteiger partial charge in [-0.15, -0.1) is 16.4 Å². The molecule has 7 heteroatoms.